The van der Waals surface area contributed by atoms with Gasteiger partial charge in [0.15, 0.2) is 0 Å². The summed E-state index contributed by atoms with van der Waals surface area (Å²) < 4.78 is 10.5. The Labute approximate surface area is 134 Å². The normalized spacial score (nSPS) is 10.6. The summed E-state index contributed by atoms with van der Waals surface area (Å²) in [7, 11) is 3.14. The Bertz CT molecular complexity index is 868. The number of H-pyrrole nitrogens is 1. The lowest BCUT2D eigenvalue weighted by atomic mass is 10.1. The molecule has 0 saturated carbocycles. The topological polar surface area (TPSA) is 63.3 Å². The maximum atomic E-state index is 12.6. The second kappa shape index (κ2) is 6.04. The molecule has 1 heterocycles. The number of methoxy groups -OCH3 is 2. The monoisotopic (exact) mass is 310 g/mol. The largest absolute Gasteiger partial charge is 0.497 e. The van der Waals surface area contributed by atoms with E-state index in [-0.39, 0.29) is 5.91 Å². The third-order valence-corrected chi connectivity index (χ3v) is 3.85. The molecule has 0 atom stereocenters. The zero-order chi connectivity index (χ0) is 16.4. The maximum Gasteiger partial charge on any atom is 0.272 e. The van der Waals surface area contributed by atoms with E-state index in [4.69, 9.17) is 9.47 Å². The number of carbonyl (C=O) groups is 1. The lowest BCUT2D eigenvalue weighted by Gasteiger charge is -2.11. The first-order chi connectivity index (χ1) is 11.1. The van der Waals surface area contributed by atoms with Crippen LogP contribution in [-0.4, -0.2) is 25.1 Å². The summed E-state index contributed by atoms with van der Waals surface area (Å²) in [6, 6.07) is 13.1. The Morgan fingerprint density at radius 3 is 2.57 bits per heavy atom. The number of carbonyl (C=O) groups excluding carboxylic acids is 1. The first kappa shape index (κ1) is 15.0. The van der Waals surface area contributed by atoms with Crippen LogP contribution in [0, 0.1) is 6.92 Å². The molecular weight excluding hydrogens is 292 g/mol. The molecule has 0 saturated heterocycles. The predicted octanol–water partition coefficient (Wildman–Crippen LogP) is 3.75. The number of hydrogen-bond donors (Lipinski definition) is 2. The summed E-state index contributed by atoms with van der Waals surface area (Å²) in [5.74, 6) is 1.01. The van der Waals surface area contributed by atoms with Crippen molar-refractivity contribution < 1.29 is 14.3 Å². The van der Waals surface area contributed by atoms with Crippen molar-refractivity contribution in [2.24, 2.45) is 0 Å². The van der Waals surface area contributed by atoms with Gasteiger partial charge >= 0.3 is 0 Å². The summed E-state index contributed by atoms with van der Waals surface area (Å²) in [4.78, 5) is 15.8. The summed E-state index contributed by atoms with van der Waals surface area (Å²) in [5, 5.41) is 3.92. The highest BCUT2D eigenvalue weighted by Crippen LogP contribution is 2.30. The van der Waals surface area contributed by atoms with Crippen molar-refractivity contribution in [2.45, 2.75) is 6.92 Å². The molecule has 0 bridgehead atoms. The van der Waals surface area contributed by atoms with Crippen LogP contribution in [0.3, 0.4) is 0 Å². The molecule has 3 rings (SSSR count). The van der Waals surface area contributed by atoms with Crippen LogP contribution < -0.4 is 14.8 Å². The number of amides is 1. The van der Waals surface area contributed by atoms with Crippen molar-refractivity contribution in [2.75, 3.05) is 19.5 Å². The Morgan fingerprint density at radius 2 is 1.87 bits per heavy atom. The first-order valence-corrected chi connectivity index (χ1v) is 7.24. The molecule has 3 aromatic rings. The van der Waals surface area contributed by atoms with Gasteiger partial charge in [-0.1, -0.05) is 18.2 Å². The highest BCUT2D eigenvalue weighted by Gasteiger charge is 2.16. The summed E-state index contributed by atoms with van der Waals surface area (Å²) in [6.45, 7) is 1.93. The molecule has 23 heavy (non-hydrogen) atoms. The van der Waals surface area contributed by atoms with E-state index in [1.807, 2.05) is 31.2 Å². The summed E-state index contributed by atoms with van der Waals surface area (Å²) >= 11 is 0. The zero-order valence-corrected chi connectivity index (χ0v) is 13.3. The van der Waals surface area contributed by atoms with Gasteiger partial charge in [0.2, 0.25) is 0 Å². The van der Waals surface area contributed by atoms with Crippen LogP contribution in [-0.2, 0) is 0 Å². The molecule has 0 spiro atoms. The molecular formula is C18H18N2O3. The molecule has 2 N–H and O–H groups in total. The van der Waals surface area contributed by atoms with Crippen LogP contribution in [0.25, 0.3) is 10.9 Å². The van der Waals surface area contributed by atoms with Crippen LogP contribution in [0.2, 0.25) is 0 Å². The minimum atomic E-state index is -0.206. The Kier molecular flexibility index (Phi) is 3.93. The molecule has 0 radical (unpaired) electrons. The number of para-hydroxylation sites is 1. The number of aromatic nitrogens is 1. The highest BCUT2D eigenvalue weighted by atomic mass is 16.5. The minimum Gasteiger partial charge on any atom is -0.497 e. The molecule has 0 fully saturated rings. The summed E-state index contributed by atoms with van der Waals surface area (Å²) in [6.07, 6.45) is 0. The zero-order valence-electron chi connectivity index (χ0n) is 13.3. The van der Waals surface area contributed by atoms with Crippen LogP contribution in [0.5, 0.6) is 11.5 Å². The van der Waals surface area contributed by atoms with Gasteiger partial charge in [-0.15, -0.1) is 0 Å². The van der Waals surface area contributed by atoms with Gasteiger partial charge in [0.25, 0.3) is 5.91 Å². The van der Waals surface area contributed by atoms with E-state index < -0.39 is 0 Å². The average Bonchev–Trinajstić information content (AvgIpc) is 2.92. The number of nitrogens with one attached hydrogen (secondary N) is 2. The Hall–Kier alpha value is -2.95. The molecule has 0 aliphatic rings. The minimum absolute atomic E-state index is 0.206. The number of hydrogen-bond acceptors (Lipinski definition) is 3. The van der Waals surface area contributed by atoms with Crippen molar-refractivity contribution in [1.82, 2.24) is 4.98 Å². The van der Waals surface area contributed by atoms with Gasteiger partial charge in [-0.05, 0) is 30.7 Å². The Morgan fingerprint density at radius 1 is 1.09 bits per heavy atom. The van der Waals surface area contributed by atoms with E-state index in [2.05, 4.69) is 10.3 Å². The maximum absolute atomic E-state index is 12.6. The lowest BCUT2D eigenvalue weighted by Crippen LogP contribution is -2.14. The lowest BCUT2D eigenvalue weighted by molar-refractivity contribution is 0.102. The number of benzene rings is 2. The highest BCUT2D eigenvalue weighted by molar-refractivity contribution is 6.08. The van der Waals surface area contributed by atoms with Crippen molar-refractivity contribution in [3.8, 4) is 11.5 Å². The molecule has 1 amide bonds. The van der Waals surface area contributed by atoms with E-state index in [9.17, 15) is 4.79 Å². The molecule has 118 valence electrons. The SMILES string of the molecule is COc1ccc(NC(=O)c2[nH]c3ccccc3c2C)c(OC)c1. The molecule has 0 unspecified atom stereocenters. The van der Waals surface area contributed by atoms with Crippen molar-refractivity contribution >= 4 is 22.5 Å². The van der Waals surface area contributed by atoms with Crippen molar-refractivity contribution in [3.63, 3.8) is 0 Å². The third kappa shape index (κ3) is 2.73. The Balaban J connectivity index is 1.93. The number of rotatable bonds is 4. The second-order valence-corrected chi connectivity index (χ2v) is 5.19. The molecule has 5 nitrogen and oxygen atoms in total. The van der Waals surface area contributed by atoms with E-state index in [0.29, 0.717) is 22.9 Å². The van der Waals surface area contributed by atoms with Gasteiger partial charge in [-0.25, -0.2) is 0 Å². The van der Waals surface area contributed by atoms with Gasteiger partial charge in [0.1, 0.15) is 17.2 Å². The number of aryl methyl sites for hydroxylation is 1. The van der Waals surface area contributed by atoms with E-state index in [1.165, 1.54) is 0 Å². The smallest absolute Gasteiger partial charge is 0.272 e. The standard InChI is InChI=1S/C18H18N2O3/c1-11-13-6-4-5-7-14(13)19-17(11)18(21)20-15-9-8-12(22-2)10-16(15)23-3/h4-10,19H,1-3H3,(H,20,21). The quantitative estimate of drug-likeness (QED) is 0.771. The van der Waals surface area contributed by atoms with E-state index >= 15 is 0 Å². The van der Waals surface area contributed by atoms with Gasteiger partial charge in [-0.2, -0.15) is 0 Å². The second-order valence-electron chi connectivity index (χ2n) is 5.19. The third-order valence-electron chi connectivity index (χ3n) is 3.85. The fraction of sp³-hybridized carbons (Fsp3) is 0.167. The van der Waals surface area contributed by atoms with Gasteiger partial charge < -0.3 is 19.8 Å². The number of fused-ring (bicyclic) bond motifs is 1. The number of ether oxygens (including phenoxy) is 2. The average molecular weight is 310 g/mol. The molecule has 0 aliphatic carbocycles. The fourth-order valence-electron chi connectivity index (χ4n) is 2.60. The van der Waals surface area contributed by atoms with Gasteiger partial charge in [0, 0.05) is 17.0 Å². The van der Waals surface area contributed by atoms with Crippen molar-refractivity contribution in [3.05, 3.63) is 53.7 Å². The molecule has 0 aliphatic heterocycles. The number of anilines is 1. The van der Waals surface area contributed by atoms with Gasteiger partial charge in [-0.3, -0.25) is 4.79 Å². The molecule has 5 heteroatoms. The predicted molar refractivity (Wildman–Crippen MR) is 90.5 cm³/mol. The summed E-state index contributed by atoms with van der Waals surface area (Å²) in [5.41, 5.74) is 3.00. The van der Waals surface area contributed by atoms with Crippen LogP contribution in [0.1, 0.15) is 16.1 Å². The van der Waals surface area contributed by atoms with Gasteiger partial charge in [0.05, 0.1) is 19.9 Å². The molecule has 1 aromatic heterocycles. The number of aromatic amines is 1. The first-order valence-electron chi connectivity index (χ1n) is 7.24. The van der Waals surface area contributed by atoms with E-state index in [1.54, 1.807) is 32.4 Å². The van der Waals surface area contributed by atoms with Crippen molar-refractivity contribution in [1.29, 1.82) is 0 Å². The fourth-order valence-corrected chi connectivity index (χ4v) is 2.60. The van der Waals surface area contributed by atoms with Crippen LogP contribution in [0.15, 0.2) is 42.5 Å². The molecule has 2 aromatic carbocycles. The van der Waals surface area contributed by atoms with Crippen LogP contribution >= 0.6 is 0 Å². The van der Waals surface area contributed by atoms with E-state index in [0.717, 1.165) is 16.5 Å². The van der Waals surface area contributed by atoms with Crippen LogP contribution in [0.4, 0.5) is 5.69 Å².